The number of aryl methyl sites for hydroxylation is 1. The number of carboxylic acid groups (broad SMARTS) is 1. The first-order valence-electron chi connectivity index (χ1n) is 6.29. The molecule has 0 radical (unpaired) electrons. The second-order valence-electron chi connectivity index (χ2n) is 4.36. The van der Waals surface area contributed by atoms with Crippen LogP contribution in [-0.4, -0.2) is 35.0 Å². The van der Waals surface area contributed by atoms with Crippen LogP contribution in [0.15, 0.2) is 12.1 Å². The molecule has 1 rings (SSSR count). The fraction of sp³-hybridized carbons (Fsp3) is 0.429. The third kappa shape index (κ3) is 5.02. The minimum absolute atomic E-state index is 0.0889. The largest absolute Gasteiger partial charge is 0.478 e. The minimum Gasteiger partial charge on any atom is -0.478 e. The molecule has 0 aliphatic heterocycles. The number of hydrogen-bond donors (Lipinski definition) is 2. The summed E-state index contributed by atoms with van der Waals surface area (Å²) in [5, 5.41) is 11.6. The number of thioether (sulfide) groups is 1. The maximum Gasteiger partial charge on any atom is 0.328 e. The van der Waals surface area contributed by atoms with E-state index >= 15 is 0 Å². The van der Waals surface area contributed by atoms with Crippen LogP contribution >= 0.6 is 23.1 Å². The van der Waals surface area contributed by atoms with Gasteiger partial charge in [0.2, 0.25) is 0 Å². The first-order valence-corrected chi connectivity index (χ1v) is 8.50. The average Bonchev–Trinajstić information content (AvgIpc) is 2.77. The molecule has 0 saturated heterocycles. The summed E-state index contributed by atoms with van der Waals surface area (Å²) in [5.74, 6) is -0.193. The molecule has 0 fully saturated rings. The Balaban J connectivity index is 2.79. The van der Waals surface area contributed by atoms with E-state index in [2.05, 4.69) is 5.32 Å². The van der Waals surface area contributed by atoms with Crippen molar-refractivity contribution in [3.63, 3.8) is 0 Å². The summed E-state index contributed by atoms with van der Waals surface area (Å²) >= 11 is 3.01. The number of aliphatic carboxylic acids is 1. The van der Waals surface area contributed by atoms with Crippen LogP contribution in [-0.2, 0) is 4.79 Å². The highest BCUT2D eigenvalue weighted by Gasteiger charge is 2.15. The van der Waals surface area contributed by atoms with Crippen LogP contribution in [0.4, 0.5) is 0 Å². The Bertz CT molecular complexity index is 509. The number of rotatable bonds is 7. The number of nitrogens with one attached hydrogen (secondary N) is 1. The molecule has 1 aromatic rings. The highest BCUT2D eigenvalue weighted by atomic mass is 32.2. The molecule has 110 valence electrons. The van der Waals surface area contributed by atoms with Crippen molar-refractivity contribution in [3.8, 4) is 0 Å². The molecule has 1 aromatic heterocycles. The fourth-order valence-electron chi connectivity index (χ4n) is 1.64. The molecular weight excluding hydrogens is 294 g/mol. The topological polar surface area (TPSA) is 66.4 Å². The van der Waals surface area contributed by atoms with Crippen LogP contribution in [0.1, 0.15) is 33.5 Å². The lowest BCUT2D eigenvalue weighted by Gasteiger charge is -2.14. The zero-order valence-corrected chi connectivity index (χ0v) is 13.4. The van der Waals surface area contributed by atoms with E-state index in [0.29, 0.717) is 4.88 Å². The molecule has 20 heavy (non-hydrogen) atoms. The smallest absolute Gasteiger partial charge is 0.328 e. The predicted molar refractivity (Wildman–Crippen MR) is 85.7 cm³/mol. The molecule has 2 N–H and O–H groups in total. The van der Waals surface area contributed by atoms with Crippen LogP contribution < -0.4 is 5.32 Å². The molecular formula is C14H19NO3S2. The van der Waals surface area contributed by atoms with E-state index < -0.39 is 5.97 Å². The third-order valence-corrected chi connectivity index (χ3v) is 4.69. The quantitative estimate of drug-likeness (QED) is 0.759. The summed E-state index contributed by atoms with van der Waals surface area (Å²) in [4.78, 5) is 24.1. The Morgan fingerprint density at radius 2 is 2.25 bits per heavy atom. The van der Waals surface area contributed by atoms with E-state index in [0.717, 1.165) is 28.7 Å². The molecule has 6 heteroatoms. The summed E-state index contributed by atoms with van der Waals surface area (Å²) in [6, 6.07) is 1.96. The van der Waals surface area contributed by atoms with Gasteiger partial charge in [0.05, 0.1) is 4.88 Å². The zero-order chi connectivity index (χ0) is 15.1. The Morgan fingerprint density at radius 3 is 2.80 bits per heavy atom. The van der Waals surface area contributed by atoms with Crippen molar-refractivity contribution in [1.82, 2.24) is 5.32 Å². The normalized spacial score (nSPS) is 12.6. The zero-order valence-electron chi connectivity index (χ0n) is 11.8. The number of hydrogen-bond acceptors (Lipinski definition) is 4. The van der Waals surface area contributed by atoms with Crippen LogP contribution in [0.25, 0.3) is 6.08 Å². The summed E-state index contributed by atoms with van der Waals surface area (Å²) < 4.78 is 0. The average molecular weight is 313 g/mol. The molecule has 4 nitrogen and oxygen atoms in total. The van der Waals surface area contributed by atoms with Crippen molar-refractivity contribution in [2.75, 3.05) is 12.0 Å². The Kier molecular flexibility index (Phi) is 6.81. The van der Waals surface area contributed by atoms with Crippen molar-refractivity contribution < 1.29 is 14.7 Å². The van der Waals surface area contributed by atoms with Gasteiger partial charge in [-0.3, -0.25) is 4.79 Å². The van der Waals surface area contributed by atoms with Crippen LogP contribution in [0.5, 0.6) is 0 Å². The van der Waals surface area contributed by atoms with Crippen molar-refractivity contribution in [1.29, 1.82) is 0 Å². The predicted octanol–water partition coefficient (Wildman–Crippen LogP) is 3.03. The van der Waals surface area contributed by atoms with E-state index in [9.17, 15) is 9.59 Å². The van der Waals surface area contributed by atoms with Gasteiger partial charge in [0.1, 0.15) is 0 Å². The SMILES string of the molecule is CCC(CSC)NC(=O)c1cc(C)c(/C=C/C(=O)O)s1. The molecule has 0 bridgehead atoms. The number of carboxylic acids is 1. The summed E-state index contributed by atoms with van der Waals surface area (Å²) in [5.41, 5.74) is 0.913. The fourth-order valence-corrected chi connectivity index (χ4v) is 3.34. The van der Waals surface area contributed by atoms with Crippen molar-refractivity contribution in [3.05, 3.63) is 27.5 Å². The minimum atomic E-state index is -0.991. The van der Waals surface area contributed by atoms with E-state index in [1.165, 1.54) is 17.4 Å². The second-order valence-corrected chi connectivity index (χ2v) is 6.36. The number of carbonyl (C=O) groups is 2. The molecule has 1 heterocycles. The van der Waals surface area contributed by atoms with Crippen molar-refractivity contribution in [2.45, 2.75) is 26.3 Å². The van der Waals surface area contributed by atoms with E-state index in [1.54, 1.807) is 17.8 Å². The molecule has 1 unspecified atom stereocenters. The highest BCUT2D eigenvalue weighted by molar-refractivity contribution is 7.98. The number of carbonyl (C=O) groups excluding carboxylic acids is 1. The molecule has 0 saturated carbocycles. The highest BCUT2D eigenvalue weighted by Crippen LogP contribution is 2.23. The van der Waals surface area contributed by atoms with Gasteiger partial charge in [-0.05, 0) is 37.3 Å². The molecule has 1 atom stereocenters. The van der Waals surface area contributed by atoms with E-state index in [4.69, 9.17) is 5.11 Å². The Morgan fingerprint density at radius 1 is 1.55 bits per heavy atom. The van der Waals surface area contributed by atoms with Gasteiger partial charge in [0, 0.05) is 22.7 Å². The lowest BCUT2D eigenvalue weighted by molar-refractivity contribution is -0.131. The Labute approximate surface area is 127 Å². The van der Waals surface area contributed by atoms with Gasteiger partial charge in [-0.1, -0.05) is 6.92 Å². The van der Waals surface area contributed by atoms with Crippen molar-refractivity contribution >= 4 is 41.1 Å². The monoisotopic (exact) mass is 313 g/mol. The number of thiophene rings is 1. The van der Waals surface area contributed by atoms with Gasteiger partial charge in [-0.15, -0.1) is 11.3 Å². The first-order chi connectivity index (χ1) is 9.47. The molecule has 0 aliphatic rings. The van der Waals surface area contributed by atoms with Crippen molar-refractivity contribution in [2.24, 2.45) is 0 Å². The van der Waals surface area contributed by atoms with Crippen LogP contribution in [0.3, 0.4) is 0 Å². The first kappa shape index (κ1) is 16.8. The number of amides is 1. The van der Waals surface area contributed by atoms with Gasteiger partial charge < -0.3 is 10.4 Å². The molecule has 0 aromatic carbocycles. The van der Waals surface area contributed by atoms with Gasteiger partial charge >= 0.3 is 5.97 Å². The lowest BCUT2D eigenvalue weighted by Crippen LogP contribution is -2.35. The van der Waals surface area contributed by atoms with E-state index in [1.807, 2.05) is 20.1 Å². The standard InChI is InChI=1S/C14H19NO3S2/c1-4-10(8-19-3)15-14(18)12-7-9(2)11(20-12)5-6-13(16)17/h5-7,10H,4,8H2,1-3H3,(H,15,18)(H,16,17)/b6-5+. The Hall–Kier alpha value is -1.27. The maximum atomic E-state index is 12.1. The second kappa shape index (κ2) is 8.11. The summed E-state index contributed by atoms with van der Waals surface area (Å²) in [6.45, 7) is 3.91. The van der Waals surface area contributed by atoms with Gasteiger partial charge in [-0.25, -0.2) is 4.79 Å². The van der Waals surface area contributed by atoms with Gasteiger partial charge in [-0.2, -0.15) is 11.8 Å². The molecule has 1 amide bonds. The van der Waals surface area contributed by atoms with Crippen LogP contribution in [0, 0.1) is 6.92 Å². The van der Waals surface area contributed by atoms with Gasteiger partial charge in [0.15, 0.2) is 0 Å². The maximum absolute atomic E-state index is 12.1. The van der Waals surface area contributed by atoms with E-state index in [-0.39, 0.29) is 11.9 Å². The third-order valence-electron chi connectivity index (χ3n) is 2.75. The summed E-state index contributed by atoms with van der Waals surface area (Å²) in [6.07, 6.45) is 5.52. The van der Waals surface area contributed by atoms with Gasteiger partial charge in [0.25, 0.3) is 5.91 Å². The molecule has 0 spiro atoms. The summed E-state index contributed by atoms with van der Waals surface area (Å²) in [7, 11) is 0. The lowest BCUT2D eigenvalue weighted by atomic mass is 10.2. The van der Waals surface area contributed by atoms with Crippen LogP contribution in [0.2, 0.25) is 0 Å². The molecule has 0 aliphatic carbocycles.